The maximum Gasteiger partial charge on any atom is 0.247 e. The summed E-state index contributed by atoms with van der Waals surface area (Å²) >= 11 is 3.47. The Balaban J connectivity index is 1.47. The van der Waals surface area contributed by atoms with E-state index in [2.05, 4.69) is 48.6 Å². The normalized spacial score (nSPS) is 15.9. The second-order valence-electron chi connectivity index (χ2n) is 8.82. The standard InChI is InChI=1S/C27H30BrN5O5/c1-3-24(34)32-22-14-20-21(29-16-30-27(20)31-19-8-6-7-18(28)13-19)15-23(22)37-17(2)10-11-25(35)33-38-26-9-4-5-12-36-26/h3,6-8,13-17,26H,1,4-5,9-12H2,2H3,(H,32,34)(H,33,35)(H,29,30,31). The molecule has 0 saturated carbocycles. The second kappa shape index (κ2) is 13.3. The fraction of sp³-hybridized carbons (Fsp3) is 0.333. The lowest BCUT2D eigenvalue weighted by atomic mass is 10.1. The molecule has 2 amide bonds. The number of carbonyl (C=O) groups is 2. The van der Waals surface area contributed by atoms with Gasteiger partial charge in [-0.05, 0) is 56.5 Å². The highest BCUT2D eigenvalue weighted by molar-refractivity contribution is 9.10. The van der Waals surface area contributed by atoms with Crippen molar-refractivity contribution in [3.05, 3.63) is 59.9 Å². The number of amides is 2. The zero-order valence-corrected chi connectivity index (χ0v) is 22.6. The molecule has 2 heterocycles. The largest absolute Gasteiger partial charge is 0.488 e. The minimum atomic E-state index is -0.403. The highest BCUT2D eigenvalue weighted by atomic mass is 79.9. The number of nitrogens with zero attached hydrogens (tertiary/aromatic N) is 2. The fourth-order valence-corrected chi connectivity index (χ4v) is 4.26. The molecule has 3 aromatic rings. The molecule has 1 aromatic heterocycles. The van der Waals surface area contributed by atoms with E-state index in [-0.39, 0.29) is 24.3 Å². The quantitative estimate of drug-likeness (QED) is 0.203. The molecule has 1 saturated heterocycles. The summed E-state index contributed by atoms with van der Waals surface area (Å²) in [6, 6.07) is 11.2. The molecule has 1 fully saturated rings. The van der Waals surface area contributed by atoms with Crippen LogP contribution in [0.1, 0.15) is 39.0 Å². The van der Waals surface area contributed by atoms with Gasteiger partial charge in [-0.25, -0.2) is 20.3 Å². The Morgan fingerprint density at radius 3 is 2.89 bits per heavy atom. The van der Waals surface area contributed by atoms with E-state index in [1.807, 2.05) is 31.2 Å². The molecule has 200 valence electrons. The van der Waals surface area contributed by atoms with E-state index in [0.717, 1.165) is 29.4 Å². The number of rotatable bonds is 11. The topological polar surface area (TPSA) is 124 Å². The van der Waals surface area contributed by atoms with E-state index < -0.39 is 6.29 Å². The molecule has 0 aliphatic carbocycles. The molecule has 11 heteroatoms. The fourth-order valence-electron chi connectivity index (χ4n) is 3.86. The van der Waals surface area contributed by atoms with E-state index in [1.54, 1.807) is 12.1 Å². The Hall–Kier alpha value is -3.54. The molecule has 4 rings (SSSR count). The van der Waals surface area contributed by atoms with Crippen LogP contribution < -0.4 is 20.9 Å². The summed E-state index contributed by atoms with van der Waals surface area (Å²) in [4.78, 5) is 38.5. The van der Waals surface area contributed by atoms with Crippen LogP contribution in [-0.4, -0.2) is 40.8 Å². The first-order valence-corrected chi connectivity index (χ1v) is 13.2. The van der Waals surface area contributed by atoms with Crippen molar-refractivity contribution in [3.63, 3.8) is 0 Å². The second-order valence-corrected chi connectivity index (χ2v) is 9.74. The Morgan fingerprint density at radius 1 is 1.26 bits per heavy atom. The molecule has 38 heavy (non-hydrogen) atoms. The van der Waals surface area contributed by atoms with Gasteiger partial charge < -0.3 is 20.1 Å². The molecule has 2 unspecified atom stereocenters. The monoisotopic (exact) mass is 583 g/mol. The summed E-state index contributed by atoms with van der Waals surface area (Å²) in [5.41, 5.74) is 4.35. The summed E-state index contributed by atoms with van der Waals surface area (Å²) in [5.74, 6) is 0.339. The molecule has 2 atom stereocenters. The number of aromatic nitrogens is 2. The number of hydroxylamine groups is 1. The van der Waals surface area contributed by atoms with E-state index in [9.17, 15) is 9.59 Å². The summed E-state index contributed by atoms with van der Waals surface area (Å²) in [6.07, 6.45) is 5.27. The summed E-state index contributed by atoms with van der Waals surface area (Å²) in [7, 11) is 0. The zero-order valence-electron chi connectivity index (χ0n) is 21.0. The number of fused-ring (bicyclic) bond motifs is 1. The number of halogens is 1. The minimum Gasteiger partial charge on any atom is -0.488 e. The Morgan fingerprint density at radius 2 is 2.13 bits per heavy atom. The number of benzene rings is 2. The van der Waals surface area contributed by atoms with Gasteiger partial charge in [-0.2, -0.15) is 0 Å². The highest BCUT2D eigenvalue weighted by Gasteiger charge is 2.18. The third-order valence-electron chi connectivity index (χ3n) is 5.82. The van der Waals surface area contributed by atoms with Crippen molar-refractivity contribution in [2.45, 2.75) is 51.4 Å². The first-order chi connectivity index (χ1) is 18.4. The lowest BCUT2D eigenvalue weighted by Crippen LogP contribution is -2.33. The van der Waals surface area contributed by atoms with Gasteiger partial charge in [0.2, 0.25) is 11.8 Å². The predicted octanol–water partition coefficient (Wildman–Crippen LogP) is 5.38. The molecular weight excluding hydrogens is 554 g/mol. The van der Waals surface area contributed by atoms with Gasteiger partial charge in [0.25, 0.3) is 0 Å². The Labute approximate surface area is 229 Å². The van der Waals surface area contributed by atoms with Crippen molar-refractivity contribution in [1.82, 2.24) is 15.4 Å². The molecule has 2 aromatic carbocycles. The number of hydrogen-bond acceptors (Lipinski definition) is 8. The van der Waals surface area contributed by atoms with E-state index in [0.29, 0.717) is 41.2 Å². The Bertz CT molecular complexity index is 1300. The summed E-state index contributed by atoms with van der Waals surface area (Å²) < 4.78 is 12.5. The molecule has 1 aliphatic rings. The van der Waals surface area contributed by atoms with Crippen molar-refractivity contribution in [3.8, 4) is 5.75 Å². The van der Waals surface area contributed by atoms with Gasteiger partial charge in [0.05, 0.1) is 17.3 Å². The van der Waals surface area contributed by atoms with Crippen LogP contribution in [0.2, 0.25) is 0 Å². The van der Waals surface area contributed by atoms with Gasteiger partial charge >= 0.3 is 0 Å². The number of carbonyl (C=O) groups excluding carboxylic acids is 2. The van der Waals surface area contributed by atoms with Gasteiger partial charge in [-0.3, -0.25) is 9.59 Å². The van der Waals surface area contributed by atoms with Gasteiger partial charge in [0, 0.05) is 41.1 Å². The minimum absolute atomic E-state index is 0.193. The molecule has 0 bridgehead atoms. The highest BCUT2D eigenvalue weighted by Crippen LogP contribution is 2.34. The average molecular weight is 584 g/mol. The lowest BCUT2D eigenvalue weighted by molar-refractivity contribution is -0.200. The molecule has 1 aliphatic heterocycles. The van der Waals surface area contributed by atoms with Gasteiger partial charge in [-0.15, -0.1) is 0 Å². The first kappa shape index (κ1) is 27.5. The average Bonchev–Trinajstić information content (AvgIpc) is 2.92. The number of anilines is 3. The number of hydrogen-bond donors (Lipinski definition) is 3. The SMILES string of the molecule is C=CC(=O)Nc1cc2c(Nc3cccc(Br)c3)ncnc2cc1OC(C)CCC(=O)NOC1CCCCO1. The van der Waals surface area contributed by atoms with E-state index >= 15 is 0 Å². The van der Waals surface area contributed by atoms with E-state index in [1.165, 1.54) is 12.4 Å². The molecule has 10 nitrogen and oxygen atoms in total. The van der Waals surface area contributed by atoms with Crippen molar-refractivity contribution < 1.29 is 23.9 Å². The summed E-state index contributed by atoms with van der Waals surface area (Å²) in [6.45, 7) is 6.01. The van der Waals surface area contributed by atoms with Crippen LogP contribution >= 0.6 is 15.9 Å². The smallest absolute Gasteiger partial charge is 0.247 e. The van der Waals surface area contributed by atoms with Gasteiger partial charge in [-0.1, -0.05) is 28.6 Å². The third kappa shape index (κ3) is 7.73. The van der Waals surface area contributed by atoms with Crippen molar-refractivity contribution in [2.75, 3.05) is 17.2 Å². The molecule has 0 spiro atoms. The first-order valence-electron chi connectivity index (χ1n) is 12.4. The maximum atomic E-state index is 12.2. The van der Waals surface area contributed by atoms with Crippen LogP contribution in [0.4, 0.5) is 17.2 Å². The molecule has 3 N–H and O–H groups in total. The van der Waals surface area contributed by atoms with Gasteiger partial charge in [0.1, 0.15) is 17.9 Å². The molecular formula is C27H30BrN5O5. The lowest BCUT2D eigenvalue weighted by Gasteiger charge is -2.22. The van der Waals surface area contributed by atoms with E-state index in [4.69, 9.17) is 14.3 Å². The van der Waals surface area contributed by atoms with Crippen molar-refractivity contribution >= 4 is 55.8 Å². The van der Waals surface area contributed by atoms with Crippen LogP contribution in [0.3, 0.4) is 0 Å². The summed E-state index contributed by atoms with van der Waals surface area (Å²) in [5, 5.41) is 6.77. The predicted molar refractivity (Wildman–Crippen MR) is 148 cm³/mol. The van der Waals surface area contributed by atoms with Crippen LogP contribution in [0.15, 0.2) is 59.9 Å². The van der Waals surface area contributed by atoms with Crippen LogP contribution in [0.25, 0.3) is 10.9 Å². The van der Waals surface area contributed by atoms with Crippen LogP contribution in [0, 0.1) is 0 Å². The zero-order chi connectivity index (χ0) is 26.9. The number of nitrogens with one attached hydrogen (secondary N) is 3. The third-order valence-corrected chi connectivity index (χ3v) is 6.31. The number of ether oxygens (including phenoxy) is 2. The van der Waals surface area contributed by atoms with Crippen LogP contribution in [-0.2, 0) is 19.2 Å². The molecule has 0 radical (unpaired) electrons. The van der Waals surface area contributed by atoms with Crippen LogP contribution in [0.5, 0.6) is 5.75 Å². The van der Waals surface area contributed by atoms with Crippen molar-refractivity contribution in [1.29, 1.82) is 0 Å². The maximum absolute atomic E-state index is 12.2. The van der Waals surface area contributed by atoms with Crippen molar-refractivity contribution in [2.24, 2.45) is 0 Å². The van der Waals surface area contributed by atoms with Gasteiger partial charge in [0.15, 0.2) is 6.29 Å². The Kier molecular flexibility index (Phi) is 9.63.